The largest absolute Gasteiger partial charge is 0.361 e. The molecule has 1 aromatic carbocycles. The molecular formula is C16H17N3. The number of nitrogens with zero attached hydrogens (tertiary/aromatic N) is 2. The van der Waals surface area contributed by atoms with E-state index < -0.39 is 0 Å². The maximum absolute atomic E-state index is 8.62. The number of aromatic nitrogens is 1. The van der Waals surface area contributed by atoms with Crippen LogP contribution in [0.15, 0.2) is 36.5 Å². The number of nitriles is 1. The maximum Gasteiger partial charge on any atom is 0.0635 e. The summed E-state index contributed by atoms with van der Waals surface area (Å²) in [5.41, 5.74) is 3.95. The number of H-pyrrole nitrogens is 1. The Morgan fingerprint density at radius 3 is 3.00 bits per heavy atom. The van der Waals surface area contributed by atoms with Crippen molar-refractivity contribution in [3.05, 3.63) is 42.1 Å². The molecule has 2 heterocycles. The van der Waals surface area contributed by atoms with Gasteiger partial charge in [0.25, 0.3) is 0 Å². The first kappa shape index (κ1) is 12.0. The van der Waals surface area contributed by atoms with Gasteiger partial charge in [-0.05, 0) is 18.1 Å². The SMILES string of the molecule is N#CCCN1CC=C(c2c[nH]c3ccccc23)CC1. The first-order valence-corrected chi connectivity index (χ1v) is 6.73. The zero-order valence-corrected chi connectivity index (χ0v) is 10.9. The minimum Gasteiger partial charge on any atom is -0.361 e. The van der Waals surface area contributed by atoms with Crippen LogP contribution >= 0.6 is 0 Å². The molecular weight excluding hydrogens is 234 g/mol. The van der Waals surface area contributed by atoms with E-state index in [0.717, 1.165) is 26.1 Å². The van der Waals surface area contributed by atoms with Gasteiger partial charge in [-0.2, -0.15) is 5.26 Å². The third-order valence-electron chi connectivity index (χ3n) is 3.77. The fraction of sp³-hybridized carbons (Fsp3) is 0.312. The molecule has 1 aliphatic heterocycles. The van der Waals surface area contributed by atoms with E-state index in [9.17, 15) is 0 Å². The number of benzene rings is 1. The van der Waals surface area contributed by atoms with E-state index in [2.05, 4.69) is 52.5 Å². The lowest BCUT2D eigenvalue weighted by Crippen LogP contribution is -2.29. The molecule has 3 rings (SSSR count). The van der Waals surface area contributed by atoms with Crippen LogP contribution in [0.5, 0.6) is 0 Å². The highest BCUT2D eigenvalue weighted by atomic mass is 15.1. The third-order valence-corrected chi connectivity index (χ3v) is 3.77. The lowest BCUT2D eigenvalue weighted by molar-refractivity contribution is 0.309. The lowest BCUT2D eigenvalue weighted by atomic mass is 9.99. The van der Waals surface area contributed by atoms with Crippen LogP contribution in [0.25, 0.3) is 16.5 Å². The van der Waals surface area contributed by atoms with E-state index >= 15 is 0 Å². The minimum absolute atomic E-state index is 0.621. The van der Waals surface area contributed by atoms with Crippen molar-refractivity contribution in [3.8, 4) is 6.07 Å². The van der Waals surface area contributed by atoms with Crippen molar-refractivity contribution in [3.63, 3.8) is 0 Å². The fourth-order valence-electron chi connectivity index (χ4n) is 2.70. The van der Waals surface area contributed by atoms with Crippen molar-refractivity contribution >= 4 is 16.5 Å². The first-order chi connectivity index (χ1) is 9.38. The van der Waals surface area contributed by atoms with Crippen LogP contribution < -0.4 is 0 Å². The summed E-state index contributed by atoms with van der Waals surface area (Å²) in [6, 6.07) is 10.6. The average molecular weight is 251 g/mol. The van der Waals surface area contributed by atoms with E-state index in [-0.39, 0.29) is 0 Å². The van der Waals surface area contributed by atoms with E-state index in [0.29, 0.717) is 6.42 Å². The van der Waals surface area contributed by atoms with Crippen molar-refractivity contribution in [2.75, 3.05) is 19.6 Å². The van der Waals surface area contributed by atoms with Crippen LogP contribution in [0, 0.1) is 11.3 Å². The monoisotopic (exact) mass is 251 g/mol. The van der Waals surface area contributed by atoms with Gasteiger partial charge in [0.1, 0.15) is 0 Å². The summed E-state index contributed by atoms with van der Waals surface area (Å²) in [6.45, 7) is 2.89. The van der Waals surface area contributed by atoms with Gasteiger partial charge in [0.2, 0.25) is 0 Å². The minimum atomic E-state index is 0.621. The van der Waals surface area contributed by atoms with E-state index in [1.54, 1.807) is 0 Å². The van der Waals surface area contributed by atoms with Crippen LogP contribution in [0.2, 0.25) is 0 Å². The number of hydrogen-bond donors (Lipinski definition) is 1. The summed E-state index contributed by atoms with van der Waals surface area (Å²) >= 11 is 0. The van der Waals surface area contributed by atoms with Gasteiger partial charge in [0.05, 0.1) is 6.07 Å². The summed E-state index contributed by atoms with van der Waals surface area (Å²) in [5, 5.41) is 9.93. The molecule has 1 aliphatic rings. The highest BCUT2D eigenvalue weighted by Gasteiger charge is 2.14. The molecule has 3 nitrogen and oxygen atoms in total. The second-order valence-electron chi connectivity index (χ2n) is 4.94. The Morgan fingerprint density at radius 1 is 1.32 bits per heavy atom. The zero-order chi connectivity index (χ0) is 13.1. The topological polar surface area (TPSA) is 42.8 Å². The summed E-state index contributed by atoms with van der Waals surface area (Å²) in [4.78, 5) is 5.67. The molecule has 0 aliphatic carbocycles. The molecule has 0 saturated carbocycles. The average Bonchev–Trinajstić information content (AvgIpc) is 2.90. The molecule has 0 saturated heterocycles. The van der Waals surface area contributed by atoms with Crippen LogP contribution in [0.4, 0.5) is 0 Å². The summed E-state index contributed by atoms with van der Waals surface area (Å²) in [6.07, 6.45) is 6.10. The van der Waals surface area contributed by atoms with Gasteiger partial charge in [0, 0.05) is 48.7 Å². The molecule has 2 aromatic rings. The van der Waals surface area contributed by atoms with Gasteiger partial charge in [-0.1, -0.05) is 24.3 Å². The van der Waals surface area contributed by atoms with Crippen LogP contribution in [-0.4, -0.2) is 29.5 Å². The van der Waals surface area contributed by atoms with Gasteiger partial charge in [-0.15, -0.1) is 0 Å². The number of fused-ring (bicyclic) bond motifs is 1. The number of nitrogens with one attached hydrogen (secondary N) is 1. The predicted octanol–water partition coefficient (Wildman–Crippen LogP) is 3.17. The Morgan fingerprint density at radius 2 is 2.21 bits per heavy atom. The van der Waals surface area contributed by atoms with Gasteiger partial charge < -0.3 is 4.98 Å². The Bertz CT molecular complexity index is 645. The fourth-order valence-corrected chi connectivity index (χ4v) is 2.70. The van der Waals surface area contributed by atoms with E-state index in [1.165, 1.54) is 22.0 Å². The number of rotatable bonds is 3. The Hall–Kier alpha value is -2.05. The van der Waals surface area contributed by atoms with Crippen molar-refractivity contribution in [2.24, 2.45) is 0 Å². The molecule has 0 bridgehead atoms. The smallest absolute Gasteiger partial charge is 0.0635 e. The van der Waals surface area contributed by atoms with Crippen LogP contribution in [-0.2, 0) is 0 Å². The van der Waals surface area contributed by atoms with Gasteiger partial charge >= 0.3 is 0 Å². The molecule has 0 spiro atoms. The number of hydrogen-bond acceptors (Lipinski definition) is 2. The molecule has 3 heteroatoms. The molecule has 0 amide bonds. The predicted molar refractivity (Wildman–Crippen MR) is 77.6 cm³/mol. The number of aromatic amines is 1. The summed E-state index contributed by atoms with van der Waals surface area (Å²) in [7, 11) is 0. The summed E-state index contributed by atoms with van der Waals surface area (Å²) in [5.74, 6) is 0. The van der Waals surface area contributed by atoms with E-state index in [1.807, 2.05) is 0 Å². The molecule has 0 fully saturated rings. The molecule has 0 radical (unpaired) electrons. The lowest BCUT2D eigenvalue weighted by Gasteiger charge is -2.25. The highest BCUT2D eigenvalue weighted by molar-refractivity contribution is 5.92. The maximum atomic E-state index is 8.62. The Balaban J connectivity index is 1.81. The summed E-state index contributed by atoms with van der Waals surface area (Å²) < 4.78 is 0. The zero-order valence-electron chi connectivity index (χ0n) is 10.9. The normalized spacial score (nSPS) is 16.3. The van der Waals surface area contributed by atoms with Crippen LogP contribution in [0.3, 0.4) is 0 Å². The Kier molecular flexibility index (Phi) is 3.35. The molecule has 0 atom stereocenters. The quantitative estimate of drug-likeness (QED) is 0.910. The van der Waals surface area contributed by atoms with Gasteiger partial charge in [-0.25, -0.2) is 0 Å². The molecule has 1 aromatic heterocycles. The second-order valence-corrected chi connectivity index (χ2v) is 4.94. The van der Waals surface area contributed by atoms with Crippen molar-refractivity contribution in [1.82, 2.24) is 9.88 Å². The van der Waals surface area contributed by atoms with Gasteiger partial charge in [-0.3, -0.25) is 4.90 Å². The first-order valence-electron chi connectivity index (χ1n) is 6.73. The van der Waals surface area contributed by atoms with Crippen molar-refractivity contribution in [1.29, 1.82) is 5.26 Å². The third kappa shape index (κ3) is 2.40. The van der Waals surface area contributed by atoms with Crippen LogP contribution in [0.1, 0.15) is 18.4 Å². The second kappa shape index (κ2) is 5.29. The van der Waals surface area contributed by atoms with E-state index in [4.69, 9.17) is 5.26 Å². The van der Waals surface area contributed by atoms with Crippen molar-refractivity contribution < 1.29 is 0 Å². The molecule has 96 valence electrons. The van der Waals surface area contributed by atoms with Gasteiger partial charge in [0.15, 0.2) is 0 Å². The molecule has 19 heavy (non-hydrogen) atoms. The molecule has 0 unspecified atom stereocenters. The molecule has 1 N–H and O–H groups in total. The Labute approximate surface area is 113 Å². The van der Waals surface area contributed by atoms with Crippen molar-refractivity contribution in [2.45, 2.75) is 12.8 Å². The number of para-hydroxylation sites is 1. The highest BCUT2D eigenvalue weighted by Crippen LogP contribution is 2.28. The standard InChI is InChI=1S/C16H17N3/c17-8-3-9-19-10-6-13(7-11-19)15-12-18-16-5-2-1-4-14(15)16/h1-2,4-6,12,18H,3,7,9-11H2.